The Morgan fingerprint density at radius 2 is 1.83 bits per heavy atom. The number of thioether (sulfide) groups is 1. The lowest BCUT2D eigenvalue weighted by Crippen LogP contribution is -2.45. The van der Waals surface area contributed by atoms with Gasteiger partial charge in [0, 0.05) is 28.3 Å². The fourth-order valence-corrected chi connectivity index (χ4v) is 5.09. The molecule has 116 valence electrons. The highest BCUT2D eigenvalue weighted by Crippen LogP contribution is 2.58. The van der Waals surface area contributed by atoms with Gasteiger partial charge in [0.25, 0.3) is 0 Å². The topological polar surface area (TPSA) is 20.3 Å². The number of carbonyl (C=O) groups is 1. The van der Waals surface area contributed by atoms with E-state index in [-0.39, 0.29) is 5.91 Å². The van der Waals surface area contributed by atoms with Crippen LogP contribution in [0.15, 0.2) is 48.5 Å². The minimum Gasteiger partial charge on any atom is -0.314 e. The zero-order valence-corrected chi connectivity index (χ0v) is 14.5. The molecule has 2 aliphatic heterocycles. The molecule has 2 aromatic rings. The SMILES string of the molecule is CN1C(=O)C2(C)CSC(c3ccc(Cl)cc3)=C2c2ccccc21. The first-order valence-corrected chi connectivity index (χ1v) is 8.90. The van der Waals surface area contributed by atoms with E-state index in [1.54, 1.807) is 16.7 Å². The molecule has 2 aromatic carbocycles. The van der Waals surface area contributed by atoms with Gasteiger partial charge in [0.15, 0.2) is 0 Å². The first kappa shape index (κ1) is 14.9. The molecule has 0 saturated carbocycles. The predicted octanol–water partition coefficient (Wildman–Crippen LogP) is 4.94. The van der Waals surface area contributed by atoms with E-state index >= 15 is 0 Å². The number of hydrogen-bond acceptors (Lipinski definition) is 2. The lowest BCUT2D eigenvalue weighted by molar-refractivity contribution is -0.123. The van der Waals surface area contributed by atoms with E-state index < -0.39 is 5.41 Å². The van der Waals surface area contributed by atoms with Gasteiger partial charge < -0.3 is 4.90 Å². The van der Waals surface area contributed by atoms with Crippen LogP contribution in [0.25, 0.3) is 10.5 Å². The molecule has 0 aromatic heterocycles. The van der Waals surface area contributed by atoms with E-state index in [1.165, 1.54) is 4.91 Å². The molecule has 4 rings (SSSR count). The lowest BCUT2D eigenvalue weighted by atomic mass is 9.74. The van der Waals surface area contributed by atoms with Gasteiger partial charge in [0.1, 0.15) is 0 Å². The van der Waals surface area contributed by atoms with Crippen LogP contribution >= 0.6 is 23.4 Å². The second-order valence-electron chi connectivity index (χ2n) is 6.21. The van der Waals surface area contributed by atoms with Gasteiger partial charge in [0.2, 0.25) is 5.91 Å². The number of benzene rings is 2. The third kappa shape index (κ3) is 2.07. The fraction of sp³-hybridized carbons (Fsp3) is 0.211. The van der Waals surface area contributed by atoms with Crippen LogP contribution in [-0.4, -0.2) is 18.7 Å². The summed E-state index contributed by atoms with van der Waals surface area (Å²) < 4.78 is 0. The number of hydrogen-bond donors (Lipinski definition) is 0. The van der Waals surface area contributed by atoms with Gasteiger partial charge in [-0.1, -0.05) is 41.9 Å². The minimum absolute atomic E-state index is 0.169. The van der Waals surface area contributed by atoms with Crippen LogP contribution in [0.3, 0.4) is 0 Å². The van der Waals surface area contributed by atoms with Gasteiger partial charge in [-0.05, 0) is 36.3 Å². The van der Waals surface area contributed by atoms with Crippen molar-refractivity contribution in [2.24, 2.45) is 5.41 Å². The van der Waals surface area contributed by atoms with Gasteiger partial charge in [0.05, 0.1) is 11.1 Å². The Labute approximate surface area is 145 Å². The highest BCUT2D eigenvalue weighted by Gasteiger charge is 2.50. The summed E-state index contributed by atoms with van der Waals surface area (Å²) in [5, 5.41) is 0.727. The molecule has 0 bridgehead atoms. The monoisotopic (exact) mass is 341 g/mol. The smallest absolute Gasteiger partial charge is 0.238 e. The summed E-state index contributed by atoms with van der Waals surface area (Å²) in [5.41, 5.74) is 3.96. The highest BCUT2D eigenvalue weighted by molar-refractivity contribution is 8.09. The first-order chi connectivity index (χ1) is 11.0. The van der Waals surface area contributed by atoms with Gasteiger partial charge in [-0.3, -0.25) is 4.79 Å². The average Bonchev–Trinajstić information content (AvgIpc) is 2.92. The Morgan fingerprint density at radius 1 is 1.13 bits per heavy atom. The van der Waals surface area contributed by atoms with Crippen molar-refractivity contribution in [2.45, 2.75) is 6.92 Å². The van der Waals surface area contributed by atoms with Gasteiger partial charge in [-0.25, -0.2) is 0 Å². The summed E-state index contributed by atoms with van der Waals surface area (Å²) in [5.74, 6) is 0.945. The Morgan fingerprint density at radius 3 is 2.57 bits per heavy atom. The molecule has 0 radical (unpaired) electrons. The van der Waals surface area contributed by atoms with Crippen molar-refractivity contribution >= 4 is 45.4 Å². The number of halogens is 1. The predicted molar refractivity (Wildman–Crippen MR) is 98.7 cm³/mol. The normalized spacial score (nSPS) is 23.1. The summed E-state index contributed by atoms with van der Waals surface area (Å²) in [6, 6.07) is 16.0. The van der Waals surface area contributed by atoms with Crippen molar-refractivity contribution in [3.05, 3.63) is 64.7 Å². The van der Waals surface area contributed by atoms with Crippen molar-refractivity contribution in [1.82, 2.24) is 0 Å². The molecule has 1 amide bonds. The van der Waals surface area contributed by atoms with E-state index in [1.807, 2.05) is 49.5 Å². The summed E-state index contributed by atoms with van der Waals surface area (Å²) in [6.07, 6.45) is 0. The maximum Gasteiger partial charge on any atom is 0.238 e. The molecule has 0 aliphatic carbocycles. The number of nitrogens with zero attached hydrogens (tertiary/aromatic N) is 1. The quantitative estimate of drug-likeness (QED) is 0.732. The van der Waals surface area contributed by atoms with Crippen molar-refractivity contribution in [3.63, 3.8) is 0 Å². The summed E-state index contributed by atoms with van der Waals surface area (Å²) >= 11 is 7.79. The van der Waals surface area contributed by atoms with E-state index in [0.29, 0.717) is 0 Å². The molecule has 0 fully saturated rings. The Kier molecular flexibility index (Phi) is 3.33. The summed E-state index contributed by atoms with van der Waals surface area (Å²) in [6.45, 7) is 2.06. The number of fused-ring (bicyclic) bond motifs is 3. The average molecular weight is 342 g/mol. The minimum atomic E-state index is -0.470. The van der Waals surface area contributed by atoms with Crippen molar-refractivity contribution < 1.29 is 4.79 Å². The number of carbonyl (C=O) groups excluding carboxylic acids is 1. The van der Waals surface area contributed by atoms with Crippen LogP contribution in [-0.2, 0) is 4.79 Å². The molecule has 0 N–H and O–H groups in total. The van der Waals surface area contributed by atoms with Crippen LogP contribution < -0.4 is 4.90 Å². The Bertz CT molecular complexity index is 843. The highest BCUT2D eigenvalue weighted by atomic mass is 35.5. The van der Waals surface area contributed by atoms with Gasteiger partial charge in [-0.2, -0.15) is 0 Å². The van der Waals surface area contributed by atoms with Crippen LogP contribution in [0, 0.1) is 5.41 Å². The van der Waals surface area contributed by atoms with Crippen LogP contribution in [0.5, 0.6) is 0 Å². The molecule has 2 aliphatic rings. The number of para-hydroxylation sites is 1. The van der Waals surface area contributed by atoms with Crippen molar-refractivity contribution in [3.8, 4) is 0 Å². The molecule has 2 nitrogen and oxygen atoms in total. The van der Waals surface area contributed by atoms with Crippen molar-refractivity contribution in [2.75, 3.05) is 17.7 Å². The van der Waals surface area contributed by atoms with Gasteiger partial charge in [-0.15, -0.1) is 11.8 Å². The standard InChI is InChI=1S/C19H16ClNOS/c1-19-11-23-17(12-7-9-13(20)10-8-12)16(19)14-5-3-4-6-15(14)21(2)18(19)22/h3-10H,11H2,1-2H3. The van der Waals surface area contributed by atoms with Crippen LogP contribution in [0.4, 0.5) is 5.69 Å². The van der Waals surface area contributed by atoms with E-state index in [4.69, 9.17) is 11.6 Å². The second kappa shape index (κ2) is 5.15. The third-order valence-corrected chi connectivity index (χ3v) is 6.40. The molecule has 1 atom stereocenters. The Balaban J connectivity index is 2.01. The number of rotatable bonds is 1. The molecule has 1 unspecified atom stereocenters. The van der Waals surface area contributed by atoms with Crippen molar-refractivity contribution in [1.29, 1.82) is 0 Å². The fourth-order valence-electron chi connectivity index (χ4n) is 3.49. The van der Waals surface area contributed by atoms with E-state index in [2.05, 4.69) is 13.0 Å². The molecule has 2 heterocycles. The zero-order valence-electron chi connectivity index (χ0n) is 13.0. The first-order valence-electron chi connectivity index (χ1n) is 7.53. The lowest BCUT2D eigenvalue weighted by Gasteiger charge is -2.38. The van der Waals surface area contributed by atoms with Crippen LogP contribution in [0.2, 0.25) is 5.02 Å². The van der Waals surface area contributed by atoms with Gasteiger partial charge >= 0.3 is 0 Å². The molecule has 0 spiro atoms. The summed E-state index contributed by atoms with van der Waals surface area (Å²) in [7, 11) is 1.87. The molecule has 23 heavy (non-hydrogen) atoms. The maximum absolute atomic E-state index is 13.0. The third-order valence-electron chi connectivity index (χ3n) is 4.70. The molecule has 4 heteroatoms. The second-order valence-corrected chi connectivity index (χ2v) is 7.64. The van der Waals surface area contributed by atoms with Crippen LogP contribution in [0.1, 0.15) is 18.1 Å². The van der Waals surface area contributed by atoms with E-state index in [0.717, 1.165) is 33.2 Å². The molecular weight excluding hydrogens is 326 g/mol. The molecular formula is C19H16ClNOS. The number of amides is 1. The largest absolute Gasteiger partial charge is 0.314 e. The summed E-state index contributed by atoms with van der Waals surface area (Å²) in [4.78, 5) is 16.0. The zero-order chi connectivity index (χ0) is 16.2. The Hall–Kier alpha value is -1.71. The van der Waals surface area contributed by atoms with E-state index in [9.17, 15) is 4.79 Å². The maximum atomic E-state index is 13.0. The number of anilines is 1. The molecule has 0 saturated heterocycles.